The number of carbonyl (C=O) groups is 1. The fourth-order valence-corrected chi connectivity index (χ4v) is 6.19. The lowest BCUT2D eigenvalue weighted by Gasteiger charge is -2.31. The van der Waals surface area contributed by atoms with Crippen LogP contribution in [0.3, 0.4) is 0 Å². The highest BCUT2D eigenvalue weighted by atomic mass is 32.2. The fraction of sp³-hybridized carbons (Fsp3) is 0.458. The van der Waals surface area contributed by atoms with E-state index in [-0.39, 0.29) is 11.8 Å². The van der Waals surface area contributed by atoms with Gasteiger partial charge in [0.25, 0.3) is 0 Å². The molecule has 0 radical (unpaired) electrons. The molecule has 0 aromatic heterocycles. The third-order valence-corrected chi connectivity index (χ3v) is 8.17. The third-order valence-electron chi connectivity index (χ3n) is 6.27. The van der Waals surface area contributed by atoms with Gasteiger partial charge in [0, 0.05) is 24.7 Å². The quantitative estimate of drug-likeness (QED) is 0.796. The summed E-state index contributed by atoms with van der Waals surface area (Å²) in [6.45, 7) is 4.77. The molecule has 1 amide bonds. The second-order valence-electron chi connectivity index (χ2n) is 8.68. The van der Waals surface area contributed by atoms with Gasteiger partial charge >= 0.3 is 0 Å². The second kappa shape index (κ2) is 8.52. The smallest absolute Gasteiger partial charge is 0.243 e. The molecule has 1 heterocycles. The van der Waals surface area contributed by atoms with Gasteiger partial charge < -0.3 is 5.32 Å². The first-order valence-corrected chi connectivity index (χ1v) is 12.3. The van der Waals surface area contributed by atoms with Crippen LogP contribution in [0.4, 0.5) is 5.69 Å². The summed E-state index contributed by atoms with van der Waals surface area (Å²) >= 11 is 0. The van der Waals surface area contributed by atoms with Crippen LogP contribution >= 0.6 is 0 Å². The zero-order chi connectivity index (χ0) is 21.3. The van der Waals surface area contributed by atoms with Gasteiger partial charge in [-0.3, -0.25) is 4.79 Å². The molecule has 2 aromatic carbocycles. The summed E-state index contributed by atoms with van der Waals surface area (Å²) in [5, 5.41) is 3.01. The molecule has 1 N–H and O–H groups in total. The van der Waals surface area contributed by atoms with Crippen molar-refractivity contribution in [3.05, 3.63) is 58.7 Å². The monoisotopic (exact) mass is 426 g/mol. The van der Waals surface area contributed by atoms with E-state index in [1.165, 1.54) is 21.9 Å². The van der Waals surface area contributed by atoms with Crippen LogP contribution in [-0.2, 0) is 27.7 Å². The largest absolute Gasteiger partial charge is 0.326 e. The zero-order valence-corrected chi connectivity index (χ0v) is 18.6. The molecule has 0 spiro atoms. The maximum atomic E-state index is 13.1. The number of hydrogen-bond acceptors (Lipinski definition) is 3. The average molecular weight is 427 g/mol. The normalized spacial score (nSPS) is 18.1. The first kappa shape index (κ1) is 21.1. The van der Waals surface area contributed by atoms with Crippen LogP contribution in [-0.4, -0.2) is 31.7 Å². The van der Waals surface area contributed by atoms with E-state index < -0.39 is 10.0 Å². The van der Waals surface area contributed by atoms with Crippen LogP contribution in [0.25, 0.3) is 0 Å². The number of amides is 1. The summed E-state index contributed by atoms with van der Waals surface area (Å²) in [6.07, 6.45) is 5.38. The van der Waals surface area contributed by atoms with Crippen LogP contribution in [0, 0.1) is 19.8 Å². The fourth-order valence-electron chi connectivity index (χ4n) is 4.67. The van der Waals surface area contributed by atoms with Crippen LogP contribution < -0.4 is 5.32 Å². The Morgan fingerprint density at radius 1 is 0.933 bits per heavy atom. The van der Waals surface area contributed by atoms with E-state index in [0.29, 0.717) is 30.8 Å². The van der Waals surface area contributed by atoms with Crippen molar-refractivity contribution in [2.45, 2.75) is 57.3 Å². The SMILES string of the molecule is Cc1cc(C)cc(NC(=O)C2CCN(S(=O)(=O)c3ccc4c(c3)CCCC4)CC2)c1. The van der Waals surface area contributed by atoms with E-state index in [1.807, 2.05) is 38.1 Å². The lowest BCUT2D eigenvalue weighted by atomic mass is 9.92. The molecule has 5 nitrogen and oxygen atoms in total. The van der Waals surface area contributed by atoms with Crippen molar-refractivity contribution in [3.8, 4) is 0 Å². The highest BCUT2D eigenvalue weighted by molar-refractivity contribution is 7.89. The molecule has 0 atom stereocenters. The van der Waals surface area contributed by atoms with Crippen molar-refractivity contribution in [1.82, 2.24) is 4.31 Å². The Kier molecular flexibility index (Phi) is 5.98. The number of sulfonamides is 1. The van der Waals surface area contributed by atoms with Crippen LogP contribution in [0.5, 0.6) is 0 Å². The number of hydrogen-bond donors (Lipinski definition) is 1. The predicted molar refractivity (Wildman–Crippen MR) is 119 cm³/mol. The summed E-state index contributed by atoms with van der Waals surface area (Å²) in [5.74, 6) is -0.188. The number of fused-ring (bicyclic) bond motifs is 1. The third kappa shape index (κ3) is 4.44. The molecule has 2 aliphatic rings. The maximum Gasteiger partial charge on any atom is 0.243 e. The van der Waals surface area contributed by atoms with Crippen molar-refractivity contribution < 1.29 is 13.2 Å². The first-order chi connectivity index (χ1) is 14.3. The molecule has 1 aliphatic carbocycles. The van der Waals surface area contributed by atoms with Crippen molar-refractivity contribution in [2.75, 3.05) is 18.4 Å². The number of piperidine rings is 1. The van der Waals surface area contributed by atoms with E-state index in [1.54, 1.807) is 6.07 Å². The van der Waals surface area contributed by atoms with E-state index in [4.69, 9.17) is 0 Å². The molecule has 1 aliphatic heterocycles. The molecule has 4 rings (SSSR count). The van der Waals surface area contributed by atoms with Gasteiger partial charge in [-0.05, 0) is 98.9 Å². The highest BCUT2D eigenvalue weighted by Crippen LogP contribution is 2.28. The molecular weight excluding hydrogens is 396 g/mol. The van der Waals surface area contributed by atoms with Gasteiger partial charge in [0.1, 0.15) is 0 Å². The number of aryl methyl sites for hydroxylation is 4. The van der Waals surface area contributed by atoms with Gasteiger partial charge in [0.05, 0.1) is 4.90 Å². The molecule has 0 saturated carbocycles. The number of nitrogens with zero attached hydrogens (tertiary/aromatic N) is 1. The van der Waals surface area contributed by atoms with E-state index in [2.05, 4.69) is 11.4 Å². The van der Waals surface area contributed by atoms with Crippen LogP contribution in [0.1, 0.15) is 47.9 Å². The Morgan fingerprint density at radius 2 is 1.57 bits per heavy atom. The van der Waals surface area contributed by atoms with E-state index in [0.717, 1.165) is 36.1 Å². The first-order valence-electron chi connectivity index (χ1n) is 10.8. The standard InChI is InChI=1S/C24H30N2O3S/c1-17-13-18(2)15-22(14-17)25-24(27)20-9-11-26(12-10-20)30(28,29)23-8-7-19-5-3-4-6-21(19)16-23/h7-8,13-16,20H,3-6,9-12H2,1-2H3,(H,25,27). The van der Waals surface area contributed by atoms with E-state index in [9.17, 15) is 13.2 Å². The maximum absolute atomic E-state index is 13.1. The molecule has 1 saturated heterocycles. The molecule has 2 aromatic rings. The number of carbonyl (C=O) groups excluding carboxylic acids is 1. The lowest BCUT2D eigenvalue weighted by molar-refractivity contribution is -0.120. The van der Waals surface area contributed by atoms with Gasteiger partial charge in [-0.1, -0.05) is 12.1 Å². The molecular formula is C24H30N2O3S. The van der Waals surface area contributed by atoms with Gasteiger partial charge in [-0.15, -0.1) is 0 Å². The topological polar surface area (TPSA) is 66.5 Å². The Morgan fingerprint density at radius 3 is 2.23 bits per heavy atom. The summed E-state index contributed by atoms with van der Waals surface area (Å²) in [5.41, 5.74) is 5.47. The van der Waals surface area contributed by atoms with Crippen molar-refractivity contribution >= 4 is 21.6 Å². The van der Waals surface area contributed by atoms with Crippen molar-refractivity contribution in [1.29, 1.82) is 0 Å². The Hall–Kier alpha value is -2.18. The molecule has 0 unspecified atom stereocenters. The predicted octanol–water partition coefficient (Wildman–Crippen LogP) is 4.22. The van der Waals surface area contributed by atoms with E-state index >= 15 is 0 Å². The molecule has 30 heavy (non-hydrogen) atoms. The van der Waals surface area contributed by atoms with Crippen molar-refractivity contribution in [3.63, 3.8) is 0 Å². The average Bonchev–Trinajstić information content (AvgIpc) is 2.72. The Labute approximate surface area is 179 Å². The van der Waals surface area contributed by atoms with Crippen molar-refractivity contribution in [2.24, 2.45) is 5.92 Å². The number of nitrogens with one attached hydrogen (secondary N) is 1. The minimum Gasteiger partial charge on any atom is -0.326 e. The highest BCUT2D eigenvalue weighted by Gasteiger charge is 2.32. The summed E-state index contributed by atoms with van der Waals surface area (Å²) in [4.78, 5) is 13.1. The molecule has 1 fully saturated rings. The molecule has 6 heteroatoms. The zero-order valence-electron chi connectivity index (χ0n) is 17.8. The summed E-state index contributed by atoms with van der Waals surface area (Å²) < 4.78 is 27.8. The number of rotatable bonds is 4. The second-order valence-corrected chi connectivity index (χ2v) is 10.6. The van der Waals surface area contributed by atoms with Gasteiger partial charge in [0.15, 0.2) is 0 Å². The lowest BCUT2D eigenvalue weighted by Crippen LogP contribution is -2.41. The summed E-state index contributed by atoms with van der Waals surface area (Å²) in [6, 6.07) is 11.6. The minimum absolute atomic E-state index is 0.0224. The van der Waals surface area contributed by atoms with Crippen LogP contribution in [0.2, 0.25) is 0 Å². The van der Waals surface area contributed by atoms with Gasteiger partial charge in [0.2, 0.25) is 15.9 Å². The summed E-state index contributed by atoms with van der Waals surface area (Å²) in [7, 11) is -3.51. The number of benzene rings is 2. The molecule has 160 valence electrons. The Bertz CT molecular complexity index is 1030. The number of anilines is 1. The Balaban J connectivity index is 1.40. The van der Waals surface area contributed by atoms with Crippen LogP contribution in [0.15, 0.2) is 41.3 Å². The van der Waals surface area contributed by atoms with Gasteiger partial charge in [-0.2, -0.15) is 4.31 Å². The molecule has 0 bridgehead atoms. The minimum atomic E-state index is -3.51. The van der Waals surface area contributed by atoms with Gasteiger partial charge in [-0.25, -0.2) is 8.42 Å².